The number of benzene rings is 1. The SMILES string of the molecule is Cc1c(O)ccc2c1ncn2C. The van der Waals surface area contributed by atoms with Crippen LogP contribution in [-0.2, 0) is 7.05 Å². The Bertz CT molecular complexity index is 431. The molecule has 62 valence electrons. The van der Waals surface area contributed by atoms with E-state index in [0.29, 0.717) is 5.75 Å². The molecule has 0 aliphatic heterocycles. The highest BCUT2D eigenvalue weighted by Crippen LogP contribution is 2.24. The lowest BCUT2D eigenvalue weighted by Crippen LogP contribution is -1.84. The fraction of sp³-hybridized carbons (Fsp3) is 0.222. The number of hydrogen-bond donors (Lipinski definition) is 1. The maximum absolute atomic E-state index is 9.38. The first-order valence-corrected chi connectivity index (χ1v) is 3.80. The zero-order chi connectivity index (χ0) is 8.72. The van der Waals surface area contributed by atoms with Gasteiger partial charge in [0.05, 0.1) is 17.4 Å². The largest absolute Gasteiger partial charge is 0.508 e. The van der Waals surface area contributed by atoms with Crippen molar-refractivity contribution in [1.82, 2.24) is 9.55 Å². The molecule has 0 aliphatic carbocycles. The van der Waals surface area contributed by atoms with Crippen molar-refractivity contribution in [2.24, 2.45) is 7.05 Å². The molecule has 0 atom stereocenters. The summed E-state index contributed by atoms with van der Waals surface area (Å²) in [5.41, 5.74) is 2.76. The van der Waals surface area contributed by atoms with Crippen LogP contribution >= 0.6 is 0 Å². The highest BCUT2D eigenvalue weighted by atomic mass is 16.3. The Kier molecular flexibility index (Phi) is 1.33. The van der Waals surface area contributed by atoms with Crippen LogP contribution in [0.4, 0.5) is 0 Å². The van der Waals surface area contributed by atoms with Crippen molar-refractivity contribution in [3.63, 3.8) is 0 Å². The smallest absolute Gasteiger partial charge is 0.120 e. The predicted molar refractivity (Wildman–Crippen MR) is 47.1 cm³/mol. The number of imidazole rings is 1. The monoisotopic (exact) mass is 162 g/mol. The van der Waals surface area contributed by atoms with Gasteiger partial charge in [0.25, 0.3) is 0 Å². The molecule has 1 aromatic heterocycles. The number of phenolic OH excluding ortho intramolecular Hbond substituents is 1. The summed E-state index contributed by atoms with van der Waals surface area (Å²) in [5, 5.41) is 9.38. The molecule has 0 fully saturated rings. The molecular weight excluding hydrogens is 152 g/mol. The maximum atomic E-state index is 9.38. The number of aryl methyl sites for hydroxylation is 2. The van der Waals surface area contributed by atoms with Gasteiger partial charge in [-0.05, 0) is 19.1 Å². The molecule has 0 saturated carbocycles. The lowest BCUT2D eigenvalue weighted by Gasteiger charge is -1.99. The standard InChI is InChI=1S/C9H10N2O/c1-6-8(12)4-3-7-9(6)10-5-11(7)2/h3-5,12H,1-2H3. The molecule has 0 radical (unpaired) electrons. The fourth-order valence-corrected chi connectivity index (χ4v) is 1.33. The van der Waals surface area contributed by atoms with Crippen LogP contribution in [0.5, 0.6) is 5.75 Å². The normalized spacial score (nSPS) is 10.8. The summed E-state index contributed by atoms with van der Waals surface area (Å²) in [7, 11) is 1.94. The summed E-state index contributed by atoms with van der Waals surface area (Å²) in [6.07, 6.45) is 1.75. The number of phenols is 1. The molecule has 1 aromatic carbocycles. The van der Waals surface area contributed by atoms with Crippen LogP contribution in [0.1, 0.15) is 5.56 Å². The van der Waals surface area contributed by atoms with E-state index in [9.17, 15) is 5.11 Å². The van der Waals surface area contributed by atoms with E-state index >= 15 is 0 Å². The van der Waals surface area contributed by atoms with E-state index in [-0.39, 0.29) is 0 Å². The highest BCUT2D eigenvalue weighted by molar-refractivity contribution is 5.80. The minimum atomic E-state index is 0.307. The number of nitrogens with zero attached hydrogens (tertiary/aromatic N) is 2. The van der Waals surface area contributed by atoms with Crippen molar-refractivity contribution in [3.8, 4) is 5.75 Å². The van der Waals surface area contributed by atoms with E-state index in [1.165, 1.54) is 0 Å². The van der Waals surface area contributed by atoms with Gasteiger partial charge < -0.3 is 9.67 Å². The fourth-order valence-electron chi connectivity index (χ4n) is 1.33. The number of aromatic hydroxyl groups is 1. The van der Waals surface area contributed by atoms with Crippen LogP contribution in [0.25, 0.3) is 11.0 Å². The summed E-state index contributed by atoms with van der Waals surface area (Å²) < 4.78 is 1.93. The van der Waals surface area contributed by atoms with Gasteiger partial charge in [0.2, 0.25) is 0 Å². The lowest BCUT2D eigenvalue weighted by molar-refractivity contribution is 0.472. The molecule has 0 bridgehead atoms. The first kappa shape index (κ1) is 7.16. The Balaban J connectivity index is 2.93. The zero-order valence-corrected chi connectivity index (χ0v) is 7.07. The van der Waals surface area contributed by atoms with Gasteiger partial charge in [-0.1, -0.05) is 0 Å². The van der Waals surface area contributed by atoms with Crippen LogP contribution in [0.3, 0.4) is 0 Å². The molecule has 0 saturated heterocycles. The van der Waals surface area contributed by atoms with Gasteiger partial charge in [0.1, 0.15) is 5.75 Å². The molecule has 0 aliphatic rings. The molecule has 0 unspecified atom stereocenters. The Labute approximate surface area is 70.3 Å². The number of aromatic nitrogens is 2. The van der Waals surface area contributed by atoms with Crippen LogP contribution in [-0.4, -0.2) is 14.7 Å². The quantitative estimate of drug-likeness (QED) is 0.638. The number of rotatable bonds is 0. The van der Waals surface area contributed by atoms with Gasteiger partial charge in [-0.3, -0.25) is 0 Å². The van der Waals surface area contributed by atoms with Gasteiger partial charge in [0.15, 0.2) is 0 Å². The van der Waals surface area contributed by atoms with Crippen LogP contribution in [0.2, 0.25) is 0 Å². The van der Waals surface area contributed by atoms with Gasteiger partial charge >= 0.3 is 0 Å². The van der Waals surface area contributed by atoms with E-state index in [0.717, 1.165) is 16.6 Å². The second kappa shape index (κ2) is 2.24. The van der Waals surface area contributed by atoms with Crippen molar-refractivity contribution in [2.45, 2.75) is 6.92 Å². The molecule has 2 aromatic rings. The van der Waals surface area contributed by atoms with Crippen molar-refractivity contribution in [3.05, 3.63) is 24.0 Å². The van der Waals surface area contributed by atoms with Crippen molar-refractivity contribution in [1.29, 1.82) is 0 Å². The minimum Gasteiger partial charge on any atom is -0.508 e. The van der Waals surface area contributed by atoms with E-state index in [1.807, 2.05) is 24.6 Å². The van der Waals surface area contributed by atoms with Gasteiger partial charge in [-0.25, -0.2) is 4.98 Å². The molecular formula is C9H10N2O. The topological polar surface area (TPSA) is 38.1 Å². The second-order valence-corrected chi connectivity index (χ2v) is 2.93. The Morgan fingerprint density at radius 1 is 1.42 bits per heavy atom. The summed E-state index contributed by atoms with van der Waals surface area (Å²) in [5.74, 6) is 0.307. The maximum Gasteiger partial charge on any atom is 0.120 e. The number of fused-ring (bicyclic) bond motifs is 1. The van der Waals surface area contributed by atoms with E-state index in [1.54, 1.807) is 12.4 Å². The average Bonchev–Trinajstić information content (AvgIpc) is 2.41. The predicted octanol–water partition coefficient (Wildman–Crippen LogP) is 1.59. The Hall–Kier alpha value is -1.51. The third-order valence-electron chi connectivity index (χ3n) is 2.12. The summed E-state index contributed by atoms with van der Waals surface area (Å²) in [6, 6.07) is 3.56. The first-order chi connectivity index (χ1) is 5.70. The Morgan fingerprint density at radius 2 is 2.17 bits per heavy atom. The molecule has 0 spiro atoms. The molecule has 3 nitrogen and oxygen atoms in total. The van der Waals surface area contributed by atoms with Crippen molar-refractivity contribution < 1.29 is 5.11 Å². The van der Waals surface area contributed by atoms with Gasteiger partial charge in [-0.15, -0.1) is 0 Å². The van der Waals surface area contributed by atoms with E-state index in [4.69, 9.17) is 0 Å². The second-order valence-electron chi connectivity index (χ2n) is 2.93. The van der Waals surface area contributed by atoms with Gasteiger partial charge in [0, 0.05) is 12.6 Å². The average molecular weight is 162 g/mol. The van der Waals surface area contributed by atoms with Crippen LogP contribution in [0.15, 0.2) is 18.5 Å². The minimum absolute atomic E-state index is 0.307. The molecule has 1 N–H and O–H groups in total. The molecule has 0 amide bonds. The van der Waals surface area contributed by atoms with Crippen molar-refractivity contribution >= 4 is 11.0 Å². The lowest BCUT2D eigenvalue weighted by atomic mass is 10.2. The third-order valence-corrected chi connectivity index (χ3v) is 2.12. The van der Waals surface area contributed by atoms with Gasteiger partial charge in [-0.2, -0.15) is 0 Å². The van der Waals surface area contributed by atoms with Crippen LogP contribution < -0.4 is 0 Å². The summed E-state index contributed by atoms with van der Waals surface area (Å²) in [4.78, 5) is 4.18. The zero-order valence-electron chi connectivity index (χ0n) is 7.07. The van der Waals surface area contributed by atoms with Crippen molar-refractivity contribution in [2.75, 3.05) is 0 Å². The summed E-state index contributed by atoms with van der Waals surface area (Å²) >= 11 is 0. The molecule has 2 rings (SSSR count). The van der Waals surface area contributed by atoms with Crippen LogP contribution in [0, 0.1) is 6.92 Å². The molecule has 3 heteroatoms. The Morgan fingerprint density at radius 3 is 2.92 bits per heavy atom. The molecule has 1 heterocycles. The first-order valence-electron chi connectivity index (χ1n) is 3.80. The highest BCUT2D eigenvalue weighted by Gasteiger charge is 2.05. The summed E-state index contributed by atoms with van der Waals surface area (Å²) in [6.45, 7) is 1.87. The van der Waals surface area contributed by atoms with E-state index < -0.39 is 0 Å². The third kappa shape index (κ3) is 0.794. The number of hydrogen-bond acceptors (Lipinski definition) is 2. The molecule has 12 heavy (non-hydrogen) atoms. The van der Waals surface area contributed by atoms with E-state index in [2.05, 4.69) is 4.98 Å².